The summed E-state index contributed by atoms with van der Waals surface area (Å²) < 4.78 is 53.9. The second kappa shape index (κ2) is 6.76. The fourth-order valence-electron chi connectivity index (χ4n) is 3.13. The number of hydrogen-bond acceptors (Lipinski definition) is 5. The van der Waals surface area contributed by atoms with Crippen LogP contribution in [0.25, 0.3) is 0 Å². The molecule has 3 rings (SSSR count). The maximum absolute atomic E-state index is 12.9. The van der Waals surface area contributed by atoms with Crippen molar-refractivity contribution in [1.29, 1.82) is 0 Å². The molecule has 0 saturated carbocycles. The first kappa shape index (κ1) is 19.0. The van der Waals surface area contributed by atoms with Gasteiger partial charge in [-0.1, -0.05) is 12.1 Å². The number of benzene rings is 1. The summed E-state index contributed by atoms with van der Waals surface area (Å²) in [5, 5.41) is 6.62. The molecule has 1 aliphatic heterocycles. The number of piperazine rings is 1. The fraction of sp³-hybridized carbons (Fsp3) is 0.438. The molecule has 2 aromatic rings. The molecule has 0 atom stereocenters. The minimum absolute atomic E-state index is 0.109. The number of aromatic amines is 1. The van der Waals surface area contributed by atoms with Gasteiger partial charge in [0.15, 0.2) is 0 Å². The lowest BCUT2D eigenvalue weighted by molar-refractivity contribution is 0.272. The van der Waals surface area contributed by atoms with Gasteiger partial charge in [-0.3, -0.25) is 5.10 Å². The van der Waals surface area contributed by atoms with Crippen LogP contribution in [-0.2, 0) is 20.0 Å². The highest BCUT2D eigenvalue weighted by Gasteiger charge is 2.35. The van der Waals surface area contributed by atoms with Gasteiger partial charge in [0.2, 0.25) is 20.0 Å². The standard InChI is InChI=1S/C16H22N4O4S2/c1-12-5-4-6-15(11-12)25(21,22)19-7-9-20(10-8-19)26(23,24)16-13(2)17-18-14(16)3/h4-6,11H,7-10H2,1-3H3,(H,17,18). The molecular formula is C16H22N4O4S2. The Bertz CT molecular complexity index is 1000. The van der Waals surface area contributed by atoms with Crippen LogP contribution >= 0.6 is 0 Å². The Kier molecular flexibility index (Phi) is 4.95. The third kappa shape index (κ3) is 3.29. The normalized spacial score (nSPS) is 17.5. The lowest BCUT2D eigenvalue weighted by atomic mass is 10.2. The number of sulfonamides is 2. The molecule has 2 heterocycles. The molecule has 1 aromatic heterocycles. The van der Waals surface area contributed by atoms with Crippen molar-refractivity contribution in [2.45, 2.75) is 30.6 Å². The number of nitrogens with one attached hydrogen (secondary N) is 1. The van der Waals surface area contributed by atoms with Gasteiger partial charge in [0.05, 0.1) is 16.3 Å². The van der Waals surface area contributed by atoms with E-state index in [-0.39, 0.29) is 36.0 Å². The number of nitrogens with zero attached hydrogens (tertiary/aromatic N) is 3. The van der Waals surface area contributed by atoms with Crippen molar-refractivity contribution in [3.05, 3.63) is 41.2 Å². The van der Waals surface area contributed by atoms with Gasteiger partial charge in [-0.25, -0.2) is 16.8 Å². The van der Waals surface area contributed by atoms with E-state index >= 15 is 0 Å². The molecule has 26 heavy (non-hydrogen) atoms. The molecule has 0 spiro atoms. The van der Waals surface area contributed by atoms with Crippen molar-refractivity contribution >= 4 is 20.0 Å². The summed E-state index contributed by atoms with van der Waals surface area (Å²) in [6.07, 6.45) is 0. The molecule has 0 unspecified atom stereocenters. The monoisotopic (exact) mass is 398 g/mol. The van der Waals surface area contributed by atoms with E-state index in [1.54, 1.807) is 32.0 Å². The molecule has 0 amide bonds. The highest BCUT2D eigenvalue weighted by Crippen LogP contribution is 2.24. The van der Waals surface area contributed by atoms with Crippen LogP contribution in [0.3, 0.4) is 0 Å². The third-order valence-corrected chi connectivity index (χ3v) is 8.54. The van der Waals surface area contributed by atoms with Gasteiger partial charge in [-0.05, 0) is 38.5 Å². The van der Waals surface area contributed by atoms with Crippen molar-refractivity contribution in [3.8, 4) is 0 Å². The van der Waals surface area contributed by atoms with E-state index in [0.29, 0.717) is 11.4 Å². The van der Waals surface area contributed by atoms with Gasteiger partial charge in [0.25, 0.3) is 0 Å². The van der Waals surface area contributed by atoms with Crippen LogP contribution in [0.5, 0.6) is 0 Å². The van der Waals surface area contributed by atoms with E-state index < -0.39 is 20.0 Å². The van der Waals surface area contributed by atoms with Gasteiger partial charge < -0.3 is 0 Å². The molecule has 0 aliphatic carbocycles. The minimum Gasteiger partial charge on any atom is -0.281 e. The van der Waals surface area contributed by atoms with E-state index in [1.807, 2.05) is 13.0 Å². The number of H-pyrrole nitrogens is 1. The van der Waals surface area contributed by atoms with Crippen LogP contribution in [-0.4, -0.2) is 61.8 Å². The van der Waals surface area contributed by atoms with Crippen LogP contribution in [0.1, 0.15) is 17.0 Å². The average Bonchev–Trinajstić information content (AvgIpc) is 2.94. The summed E-state index contributed by atoms with van der Waals surface area (Å²) in [4.78, 5) is 0.405. The first-order valence-corrected chi connectivity index (χ1v) is 11.1. The van der Waals surface area contributed by atoms with Crippen molar-refractivity contribution in [2.75, 3.05) is 26.2 Å². The highest BCUT2D eigenvalue weighted by atomic mass is 32.2. The second-order valence-corrected chi connectivity index (χ2v) is 10.2. The van der Waals surface area contributed by atoms with Gasteiger partial charge in [0.1, 0.15) is 4.90 Å². The van der Waals surface area contributed by atoms with E-state index in [0.717, 1.165) is 5.56 Å². The molecule has 8 nitrogen and oxygen atoms in total. The summed E-state index contributed by atoms with van der Waals surface area (Å²) in [6, 6.07) is 6.72. The number of aromatic nitrogens is 2. The highest BCUT2D eigenvalue weighted by molar-refractivity contribution is 7.89. The first-order valence-electron chi connectivity index (χ1n) is 8.22. The van der Waals surface area contributed by atoms with Crippen molar-refractivity contribution in [3.63, 3.8) is 0 Å². The topological polar surface area (TPSA) is 103 Å². The molecule has 10 heteroatoms. The molecule has 0 radical (unpaired) electrons. The Morgan fingerprint density at radius 1 is 0.923 bits per heavy atom. The van der Waals surface area contributed by atoms with Gasteiger partial charge in [0, 0.05) is 26.2 Å². The van der Waals surface area contributed by atoms with Crippen molar-refractivity contribution < 1.29 is 16.8 Å². The van der Waals surface area contributed by atoms with E-state index in [2.05, 4.69) is 10.2 Å². The first-order chi connectivity index (χ1) is 12.1. The molecule has 142 valence electrons. The van der Waals surface area contributed by atoms with Crippen molar-refractivity contribution in [2.24, 2.45) is 0 Å². The summed E-state index contributed by atoms with van der Waals surface area (Å²) >= 11 is 0. The maximum atomic E-state index is 12.9. The van der Waals surface area contributed by atoms with E-state index in [4.69, 9.17) is 0 Å². The quantitative estimate of drug-likeness (QED) is 0.828. The zero-order chi connectivity index (χ0) is 19.1. The summed E-state index contributed by atoms with van der Waals surface area (Å²) in [6.45, 7) is 5.57. The SMILES string of the molecule is Cc1cccc(S(=O)(=O)N2CCN(S(=O)(=O)c3c(C)n[nH]c3C)CC2)c1. The Balaban J connectivity index is 1.79. The number of rotatable bonds is 4. The Hall–Kier alpha value is -1.75. The predicted octanol–water partition coefficient (Wildman–Crippen LogP) is 1.03. The third-order valence-electron chi connectivity index (χ3n) is 4.48. The van der Waals surface area contributed by atoms with Crippen molar-refractivity contribution in [1.82, 2.24) is 18.8 Å². The Labute approximate surface area is 153 Å². The smallest absolute Gasteiger partial charge is 0.246 e. The van der Waals surface area contributed by atoms with Crippen LogP contribution in [0.4, 0.5) is 0 Å². The molecule has 1 N–H and O–H groups in total. The fourth-order valence-corrected chi connectivity index (χ4v) is 6.41. The average molecular weight is 399 g/mol. The molecule has 0 bridgehead atoms. The lowest BCUT2D eigenvalue weighted by Crippen LogP contribution is -2.50. The maximum Gasteiger partial charge on any atom is 0.246 e. The second-order valence-electron chi connectivity index (χ2n) is 6.39. The number of hydrogen-bond donors (Lipinski definition) is 1. The van der Waals surface area contributed by atoms with E-state index in [9.17, 15) is 16.8 Å². The lowest BCUT2D eigenvalue weighted by Gasteiger charge is -2.33. The predicted molar refractivity (Wildman–Crippen MR) is 96.8 cm³/mol. The Morgan fingerprint density at radius 2 is 1.50 bits per heavy atom. The van der Waals surface area contributed by atoms with Crippen LogP contribution in [0.2, 0.25) is 0 Å². The molecule has 1 fully saturated rings. The largest absolute Gasteiger partial charge is 0.281 e. The zero-order valence-electron chi connectivity index (χ0n) is 14.9. The minimum atomic E-state index is -3.70. The molecule has 1 aliphatic rings. The summed E-state index contributed by atoms with van der Waals surface area (Å²) in [7, 11) is -7.33. The van der Waals surface area contributed by atoms with Crippen LogP contribution in [0.15, 0.2) is 34.1 Å². The zero-order valence-corrected chi connectivity index (χ0v) is 16.6. The van der Waals surface area contributed by atoms with Gasteiger partial charge >= 0.3 is 0 Å². The molecular weight excluding hydrogens is 376 g/mol. The van der Waals surface area contributed by atoms with E-state index in [1.165, 1.54) is 8.61 Å². The van der Waals surface area contributed by atoms with Gasteiger partial charge in [-0.2, -0.15) is 13.7 Å². The van der Waals surface area contributed by atoms with Crippen LogP contribution < -0.4 is 0 Å². The molecule has 1 aromatic carbocycles. The summed E-state index contributed by atoms with van der Waals surface area (Å²) in [5.74, 6) is 0. The summed E-state index contributed by atoms with van der Waals surface area (Å²) in [5.41, 5.74) is 1.76. The van der Waals surface area contributed by atoms with Crippen LogP contribution in [0, 0.1) is 20.8 Å². The number of aryl methyl sites for hydroxylation is 3. The van der Waals surface area contributed by atoms with Gasteiger partial charge in [-0.15, -0.1) is 0 Å². The molecule has 1 saturated heterocycles. The Morgan fingerprint density at radius 3 is 2.00 bits per heavy atom.